The van der Waals surface area contributed by atoms with E-state index in [2.05, 4.69) is 10.6 Å². The van der Waals surface area contributed by atoms with Gasteiger partial charge in [-0.1, -0.05) is 17.7 Å². The number of nitrogens with one attached hydrogen (secondary N) is 2. The summed E-state index contributed by atoms with van der Waals surface area (Å²) in [6.07, 6.45) is 0. The van der Waals surface area contributed by atoms with Crippen LogP contribution in [0.25, 0.3) is 0 Å². The topological polar surface area (TPSA) is 50.4 Å². The Balaban J connectivity index is 1.85. The minimum absolute atomic E-state index is 0.0759. The molecule has 2 N–H and O–H groups in total. The highest BCUT2D eigenvalue weighted by Gasteiger charge is 2.17. The molecule has 0 radical (unpaired) electrons. The number of halogens is 2. The van der Waals surface area contributed by atoms with Crippen LogP contribution in [0.1, 0.15) is 10.4 Å². The molecule has 4 nitrogen and oxygen atoms in total. The van der Waals surface area contributed by atoms with Crippen LogP contribution in [-0.2, 0) is 0 Å². The van der Waals surface area contributed by atoms with Crippen molar-refractivity contribution in [2.75, 3.05) is 23.8 Å². The van der Waals surface area contributed by atoms with Crippen LogP contribution in [-0.4, -0.2) is 19.1 Å². The van der Waals surface area contributed by atoms with E-state index in [1.807, 2.05) is 0 Å². The Bertz CT molecular complexity index is 686. The monoisotopic (exact) mass is 306 g/mol. The molecule has 2 aromatic carbocycles. The first-order valence-corrected chi connectivity index (χ1v) is 6.79. The summed E-state index contributed by atoms with van der Waals surface area (Å²) in [7, 11) is 0. The maximum Gasteiger partial charge on any atom is 0.260 e. The fraction of sp³-hybridized carbons (Fsp3) is 0.133. The molecule has 0 aliphatic carbocycles. The third-order valence-electron chi connectivity index (χ3n) is 3.10. The van der Waals surface area contributed by atoms with E-state index in [4.69, 9.17) is 16.3 Å². The predicted octanol–water partition coefficient (Wildman–Crippen LogP) is 3.54. The van der Waals surface area contributed by atoms with Crippen LogP contribution >= 0.6 is 11.6 Å². The van der Waals surface area contributed by atoms with Crippen LogP contribution in [0.3, 0.4) is 0 Å². The molecular weight excluding hydrogens is 295 g/mol. The number of benzene rings is 2. The summed E-state index contributed by atoms with van der Waals surface area (Å²) in [5, 5.41) is 5.87. The van der Waals surface area contributed by atoms with Gasteiger partial charge >= 0.3 is 0 Å². The molecule has 1 aliphatic heterocycles. The third-order valence-corrected chi connectivity index (χ3v) is 3.42. The summed E-state index contributed by atoms with van der Waals surface area (Å²) in [5.74, 6) is -0.516. The maximum atomic E-state index is 13.7. The summed E-state index contributed by atoms with van der Waals surface area (Å²) in [6, 6.07) is 9.30. The second-order valence-corrected chi connectivity index (χ2v) is 4.94. The molecule has 1 heterocycles. The van der Waals surface area contributed by atoms with E-state index < -0.39 is 11.7 Å². The van der Waals surface area contributed by atoms with Crippen molar-refractivity contribution in [1.82, 2.24) is 0 Å². The first-order valence-electron chi connectivity index (χ1n) is 6.41. The number of anilines is 2. The van der Waals surface area contributed by atoms with Crippen molar-refractivity contribution in [1.29, 1.82) is 0 Å². The molecule has 1 aliphatic rings. The van der Waals surface area contributed by atoms with Gasteiger partial charge in [0.15, 0.2) is 0 Å². The molecule has 0 atom stereocenters. The molecule has 0 aromatic heterocycles. The lowest BCUT2D eigenvalue weighted by atomic mass is 10.2. The highest BCUT2D eigenvalue weighted by Crippen LogP contribution is 2.30. The van der Waals surface area contributed by atoms with Crippen molar-refractivity contribution in [3.63, 3.8) is 0 Å². The van der Waals surface area contributed by atoms with E-state index in [1.54, 1.807) is 18.2 Å². The number of fused-ring (bicyclic) bond motifs is 1. The van der Waals surface area contributed by atoms with E-state index in [1.165, 1.54) is 18.2 Å². The molecule has 0 unspecified atom stereocenters. The van der Waals surface area contributed by atoms with E-state index in [0.29, 0.717) is 18.8 Å². The Morgan fingerprint density at radius 2 is 2.19 bits per heavy atom. The van der Waals surface area contributed by atoms with Crippen molar-refractivity contribution < 1.29 is 13.9 Å². The van der Waals surface area contributed by atoms with Gasteiger partial charge in [0.2, 0.25) is 0 Å². The van der Waals surface area contributed by atoms with Gasteiger partial charge < -0.3 is 15.4 Å². The molecular formula is C15H12ClFN2O2. The van der Waals surface area contributed by atoms with Crippen LogP contribution in [0.4, 0.5) is 15.8 Å². The Kier molecular flexibility index (Phi) is 3.66. The van der Waals surface area contributed by atoms with Gasteiger partial charge in [0.1, 0.15) is 18.2 Å². The standard InChI is InChI=1S/C15H12ClFN2O2/c16-10-2-1-3-11(17)14(10)15(20)19-9-4-5-13-12(8-9)18-6-7-21-13/h1-5,8,18H,6-7H2,(H,19,20). The molecule has 1 amide bonds. The SMILES string of the molecule is O=C(Nc1ccc2c(c1)NCCO2)c1c(F)cccc1Cl. The molecule has 0 saturated heterocycles. The quantitative estimate of drug-likeness (QED) is 0.892. The molecule has 0 bridgehead atoms. The summed E-state index contributed by atoms with van der Waals surface area (Å²) >= 11 is 5.87. The summed E-state index contributed by atoms with van der Waals surface area (Å²) < 4.78 is 19.1. The van der Waals surface area contributed by atoms with Gasteiger partial charge in [0.25, 0.3) is 5.91 Å². The predicted molar refractivity (Wildman–Crippen MR) is 79.8 cm³/mol. The first kappa shape index (κ1) is 13.7. The minimum Gasteiger partial charge on any atom is -0.490 e. The molecule has 21 heavy (non-hydrogen) atoms. The number of amides is 1. The Morgan fingerprint density at radius 1 is 1.33 bits per heavy atom. The molecule has 0 spiro atoms. The zero-order valence-electron chi connectivity index (χ0n) is 11.0. The zero-order chi connectivity index (χ0) is 14.8. The van der Waals surface area contributed by atoms with Gasteiger partial charge in [-0.3, -0.25) is 4.79 Å². The van der Waals surface area contributed by atoms with Gasteiger partial charge in [0, 0.05) is 12.2 Å². The molecule has 2 aromatic rings. The fourth-order valence-corrected chi connectivity index (χ4v) is 2.38. The lowest BCUT2D eigenvalue weighted by Gasteiger charge is -2.19. The fourth-order valence-electron chi connectivity index (χ4n) is 2.13. The number of rotatable bonds is 2. The molecule has 0 fully saturated rings. The summed E-state index contributed by atoms with van der Waals surface area (Å²) in [5.41, 5.74) is 1.16. The van der Waals surface area contributed by atoms with Crippen molar-refractivity contribution >= 4 is 28.9 Å². The second-order valence-electron chi connectivity index (χ2n) is 4.54. The second kappa shape index (κ2) is 5.61. The van der Waals surface area contributed by atoms with Crippen molar-refractivity contribution in [2.24, 2.45) is 0 Å². The van der Waals surface area contributed by atoms with Crippen LogP contribution in [0.15, 0.2) is 36.4 Å². The molecule has 6 heteroatoms. The van der Waals surface area contributed by atoms with Crippen LogP contribution in [0.5, 0.6) is 5.75 Å². The maximum absolute atomic E-state index is 13.7. The molecule has 108 valence electrons. The van der Waals surface area contributed by atoms with Gasteiger partial charge in [0.05, 0.1) is 16.3 Å². The molecule has 0 saturated carbocycles. The highest BCUT2D eigenvalue weighted by molar-refractivity contribution is 6.34. The molecule has 3 rings (SSSR count). The zero-order valence-corrected chi connectivity index (χ0v) is 11.7. The Labute approximate surface area is 125 Å². The van der Waals surface area contributed by atoms with E-state index in [-0.39, 0.29) is 10.6 Å². The number of carbonyl (C=O) groups is 1. The number of hydrogen-bond acceptors (Lipinski definition) is 3. The largest absolute Gasteiger partial charge is 0.490 e. The summed E-state index contributed by atoms with van der Waals surface area (Å²) in [4.78, 5) is 12.1. The normalized spacial score (nSPS) is 12.9. The number of ether oxygens (including phenoxy) is 1. The van der Waals surface area contributed by atoms with Crippen molar-refractivity contribution in [3.8, 4) is 5.75 Å². The van der Waals surface area contributed by atoms with E-state index in [0.717, 1.165) is 11.4 Å². The van der Waals surface area contributed by atoms with Crippen molar-refractivity contribution in [3.05, 3.63) is 52.8 Å². The third kappa shape index (κ3) is 2.78. The average molecular weight is 307 g/mol. The Morgan fingerprint density at radius 3 is 3.00 bits per heavy atom. The van der Waals surface area contributed by atoms with Crippen LogP contribution in [0, 0.1) is 5.82 Å². The van der Waals surface area contributed by atoms with Gasteiger partial charge in [-0.2, -0.15) is 0 Å². The average Bonchev–Trinajstić information content (AvgIpc) is 2.47. The number of carbonyl (C=O) groups excluding carboxylic acids is 1. The van der Waals surface area contributed by atoms with Gasteiger partial charge in [-0.15, -0.1) is 0 Å². The van der Waals surface area contributed by atoms with Gasteiger partial charge in [-0.25, -0.2) is 4.39 Å². The van der Waals surface area contributed by atoms with E-state index >= 15 is 0 Å². The van der Waals surface area contributed by atoms with Crippen LogP contribution < -0.4 is 15.4 Å². The Hall–Kier alpha value is -2.27. The smallest absolute Gasteiger partial charge is 0.260 e. The van der Waals surface area contributed by atoms with E-state index in [9.17, 15) is 9.18 Å². The van der Waals surface area contributed by atoms with Crippen LogP contribution in [0.2, 0.25) is 5.02 Å². The van der Waals surface area contributed by atoms with Crippen molar-refractivity contribution in [2.45, 2.75) is 0 Å². The lowest BCUT2D eigenvalue weighted by Crippen LogP contribution is -2.19. The minimum atomic E-state index is -0.653. The number of hydrogen-bond donors (Lipinski definition) is 2. The van der Waals surface area contributed by atoms with Gasteiger partial charge in [-0.05, 0) is 30.3 Å². The lowest BCUT2D eigenvalue weighted by molar-refractivity contribution is 0.102. The summed E-state index contributed by atoms with van der Waals surface area (Å²) in [6.45, 7) is 1.30. The highest BCUT2D eigenvalue weighted by atomic mass is 35.5. The first-order chi connectivity index (χ1) is 10.1.